The number of hydrogen-bond donors (Lipinski definition) is 1. The summed E-state index contributed by atoms with van der Waals surface area (Å²) in [4.78, 5) is 12.7. The molecule has 1 N–H and O–H groups in total. The van der Waals surface area contributed by atoms with Crippen molar-refractivity contribution in [2.45, 2.75) is 27.0 Å². The predicted molar refractivity (Wildman–Crippen MR) is 110 cm³/mol. The molecule has 0 bridgehead atoms. The first-order valence-corrected chi connectivity index (χ1v) is 9.50. The van der Waals surface area contributed by atoms with Gasteiger partial charge in [-0.2, -0.15) is 13.9 Å². The van der Waals surface area contributed by atoms with Crippen molar-refractivity contribution in [3.05, 3.63) is 69.8 Å². The Kier molecular flexibility index (Phi) is 6.74. The molecule has 0 fully saturated rings. The second kappa shape index (κ2) is 9.30. The Morgan fingerprint density at radius 1 is 1.23 bits per heavy atom. The van der Waals surface area contributed by atoms with Crippen LogP contribution < -0.4 is 14.8 Å². The molecule has 1 aromatic heterocycles. The van der Waals surface area contributed by atoms with E-state index >= 15 is 0 Å². The highest BCUT2D eigenvalue weighted by Crippen LogP contribution is 2.30. The summed E-state index contributed by atoms with van der Waals surface area (Å²) < 4.78 is 50.0. The number of hydrogen-bond acceptors (Lipinski definition) is 4. The van der Waals surface area contributed by atoms with E-state index in [9.17, 15) is 18.0 Å². The van der Waals surface area contributed by atoms with Gasteiger partial charge in [0.25, 0.3) is 5.91 Å². The van der Waals surface area contributed by atoms with E-state index in [4.69, 9.17) is 16.3 Å². The summed E-state index contributed by atoms with van der Waals surface area (Å²) in [7, 11) is 1.28. The van der Waals surface area contributed by atoms with E-state index in [1.807, 2.05) is 0 Å². The number of rotatable bonds is 7. The molecule has 0 aliphatic rings. The second-order valence-electron chi connectivity index (χ2n) is 6.60. The maximum absolute atomic E-state index is 14.1. The van der Waals surface area contributed by atoms with Gasteiger partial charge in [-0.15, -0.1) is 0 Å². The van der Waals surface area contributed by atoms with Crippen molar-refractivity contribution in [1.29, 1.82) is 0 Å². The van der Waals surface area contributed by atoms with Gasteiger partial charge in [0.2, 0.25) is 0 Å². The van der Waals surface area contributed by atoms with Crippen LogP contribution in [-0.4, -0.2) is 29.4 Å². The Labute approximate surface area is 181 Å². The topological polar surface area (TPSA) is 65.4 Å². The molecule has 0 aliphatic heterocycles. The number of benzene rings is 2. The Hall–Kier alpha value is -3.20. The van der Waals surface area contributed by atoms with E-state index in [0.717, 1.165) is 0 Å². The average Bonchev–Trinajstić information content (AvgIpc) is 2.98. The van der Waals surface area contributed by atoms with Crippen molar-refractivity contribution in [3.8, 4) is 11.5 Å². The molecule has 3 rings (SSSR count). The summed E-state index contributed by atoms with van der Waals surface area (Å²) in [5.41, 5.74) is 2.01. The molecule has 0 atom stereocenters. The lowest BCUT2D eigenvalue weighted by atomic mass is 10.1. The first-order chi connectivity index (χ1) is 14.7. The Balaban J connectivity index is 1.84. The third-order valence-corrected chi connectivity index (χ3v) is 4.99. The molecule has 0 saturated carbocycles. The number of carbonyl (C=O) groups is 1. The zero-order chi connectivity index (χ0) is 22.7. The van der Waals surface area contributed by atoms with Crippen LogP contribution in [0.2, 0.25) is 5.02 Å². The zero-order valence-electron chi connectivity index (χ0n) is 16.9. The number of carbonyl (C=O) groups excluding carboxylic acids is 1. The third-order valence-electron chi connectivity index (χ3n) is 4.63. The molecule has 3 aromatic rings. The van der Waals surface area contributed by atoms with Gasteiger partial charge in [-0.25, -0.2) is 4.39 Å². The van der Waals surface area contributed by atoms with E-state index in [1.54, 1.807) is 19.9 Å². The summed E-state index contributed by atoms with van der Waals surface area (Å²) >= 11 is 6.10. The molecule has 0 spiro atoms. The number of aryl methyl sites for hydroxylation is 1. The van der Waals surface area contributed by atoms with Gasteiger partial charge >= 0.3 is 6.61 Å². The minimum atomic E-state index is -3.02. The summed E-state index contributed by atoms with van der Waals surface area (Å²) in [5, 5.41) is 7.39. The van der Waals surface area contributed by atoms with Gasteiger partial charge in [0.1, 0.15) is 5.82 Å². The van der Waals surface area contributed by atoms with Crippen LogP contribution in [0, 0.1) is 19.7 Å². The smallest absolute Gasteiger partial charge is 0.387 e. The lowest BCUT2D eigenvalue weighted by molar-refractivity contribution is -0.0512. The van der Waals surface area contributed by atoms with Crippen molar-refractivity contribution in [2.24, 2.45) is 0 Å². The first-order valence-electron chi connectivity index (χ1n) is 9.12. The molecule has 0 aliphatic carbocycles. The number of ether oxygens (including phenoxy) is 2. The molecule has 31 heavy (non-hydrogen) atoms. The molecule has 10 heteroatoms. The van der Waals surface area contributed by atoms with Gasteiger partial charge < -0.3 is 14.8 Å². The number of alkyl halides is 2. The van der Waals surface area contributed by atoms with Gasteiger partial charge in [0.05, 0.1) is 30.7 Å². The van der Waals surface area contributed by atoms with Crippen LogP contribution in [0.3, 0.4) is 0 Å². The van der Waals surface area contributed by atoms with Crippen LogP contribution in [0.5, 0.6) is 11.5 Å². The first kappa shape index (κ1) is 22.5. The fourth-order valence-corrected chi connectivity index (χ4v) is 3.28. The SMILES string of the molecule is COc1cc(C(=O)Nc2c(C)nn(Cc3c(F)cccc3Cl)c2C)ccc1OC(F)F. The van der Waals surface area contributed by atoms with Gasteiger partial charge in [0, 0.05) is 16.1 Å². The molecule has 6 nitrogen and oxygen atoms in total. The molecule has 1 heterocycles. The zero-order valence-corrected chi connectivity index (χ0v) is 17.6. The fourth-order valence-electron chi connectivity index (χ4n) is 3.05. The lowest BCUT2D eigenvalue weighted by Crippen LogP contribution is -2.14. The monoisotopic (exact) mass is 453 g/mol. The summed E-state index contributed by atoms with van der Waals surface area (Å²) in [6.45, 7) is 0.488. The Morgan fingerprint density at radius 2 is 1.97 bits per heavy atom. The number of halogens is 4. The van der Waals surface area contributed by atoms with E-state index in [1.165, 1.54) is 42.1 Å². The molecule has 164 valence electrons. The van der Waals surface area contributed by atoms with Crippen LogP contribution in [-0.2, 0) is 6.54 Å². The number of anilines is 1. The highest BCUT2D eigenvalue weighted by atomic mass is 35.5. The van der Waals surface area contributed by atoms with Crippen LogP contribution in [0.1, 0.15) is 27.3 Å². The van der Waals surface area contributed by atoms with Crippen molar-refractivity contribution < 1.29 is 27.4 Å². The predicted octanol–water partition coefficient (Wildman–Crippen LogP) is 5.20. The van der Waals surface area contributed by atoms with Crippen molar-refractivity contribution in [1.82, 2.24) is 9.78 Å². The van der Waals surface area contributed by atoms with E-state index in [-0.39, 0.29) is 34.2 Å². The molecule has 0 unspecified atom stereocenters. The maximum atomic E-state index is 14.1. The van der Waals surface area contributed by atoms with Crippen molar-refractivity contribution in [2.75, 3.05) is 12.4 Å². The van der Waals surface area contributed by atoms with Gasteiger partial charge in [-0.1, -0.05) is 17.7 Å². The quantitative estimate of drug-likeness (QED) is 0.534. The lowest BCUT2D eigenvalue weighted by Gasteiger charge is -2.12. The molecular weight excluding hydrogens is 435 g/mol. The number of nitrogens with zero attached hydrogens (tertiary/aromatic N) is 2. The minimum absolute atomic E-state index is 0.00807. The highest BCUT2D eigenvalue weighted by Gasteiger charge is 2.19. The molecule has 0 saturated heterocycles. The summed E-state index contributed by atoms with van der Waals surface area (Å²) in [6.07, 6.45) is 0. The van der Waals surface area contributed by atoms with E-state index < -0.39 is 18.3 Å². The third kappa shape index (κ3) is 4.93. The largest absolute Gasteiger partial charge is 0.493 e. The van der Waals surface area contributed by atoms with Gasteiger partial charge in [0.15, 0.2) is 11.5 Å². The van der Waals surface area contributed by atoms with Gasteiger partial charge in [-0.05, 0) is 44.2 Å². The summed E-state index contributed by atoms with van der Waals surface area (Å²) in [6, 6.07) is 8.27. The number of amides is 1. The second-order valence-corrected chi connectivity index (χ2v) is 7.01. The maximum Gasteiger partial charge on any atom is 0.387 e. The molecule has 2 aromatic carbocycles. The van der Waals surface area contributed by atoms with Crippen molar-refractivity contribution >= 4 is 23.2 Å². The normalized spacial score (nSPS) is 11.0. The Bertz CT molecular complexity index is 1100. The van der Waals surface area contributed by atoms with E-state index in [2.05, 4.69) is 15.2 Å². The number of methoxy groups -OCH3 is 1. The van der Waals surface area contributed by atoms with Crippen LogP contribution in [0.25, 0.3) is 0 Å². The van der Waals surface area contributed by atoms with Crippen molar-refractivity contribution in [3.63, 3.8) is 0 Å². The van der Waals surface area contributed by atoms with Crippen LogP contribution in [0.15, 0.2) is 36.4 Å². The molecule has 0 radical (unpaired) electrons. The average molecular weight is 454 g/mol. The standard InChI is InChI=1S/C21H19ClF3N3O3/c1-11-19(12(2)28(27-11)10-14-15(22)5-4-6-16(14)23)26-20(29)13-7-8-17(31-21(24)25)18(9-13)30-3/h4-9,21H,10H2,1-3H3,(H,26,29). The fraction of sp³-hybridized carbons (Fsp3) is 0.238. The molecule has 1 amide bonds. The van der Waals surface area contributed by atoms with Crippen LogP contribution in [0.4, 0.5) is 18.9 Å². The highest BCUT2D eigenvalue weighted by molar-refractivity contribution is 6.31. The van der Waals surface area contributed by atoms with E-state index in [0.29, 0.717) is 17.1 Å². The number of nitrogens with one attached hydrogen (secondary N) is 1. The Morgan fingerprint density at radius 3 is 2.61 bits per heavy atom. The van der Waals surface area contributed by atoms with Gasteiger partial charge in [-0.3, -0.25) is 9.48 Å². The summed E-state index contributed by atoms with van der Waals surface area (Å²) in [5.74, 6) is -1.15. The number of aromatic nitrogens is 2. The molecular formula is C21H19ClF3N3O3. The minimum Gasteiger partial charge on any atom is -0.493 e. The van der Waals surface area contributed by atoms with Crippen LogP contribution >= 0.6 is 11.6 Å².